The van der Waals surface area contributed by atoms with Gasteiger partial charge in [0.2, 0.25) is 10.0 Å². The number of imidazole rings is 1. The van der Waals surface area contributed by atoms with Gasteiger partial charge in [0.25, 0.3) is 5.91 Å². The Kier molecular flexibility index (Phi) is 5.38. The standard InChI is InChI=1S/C23H26N4O4S/c1-16-21(32(29,30)27-12-4-5-13-27)14-20(31-16)23(28)24-18-9-7-17(8-10-18)19-15-26-11-3-2-6-22(26)25-19/h7-10,14-15H,2-6,11-13H2,1H3,(H,24,28). The lowest BCUT2D eigenvalue weighted by Crippen LogP contribution is -2.28. The van der Waals surface area contributed by atoms with Gasteiger partial charge in [-0.2, -0.15) is 4.31 Å². The number of carbonyl (C=O) groups is 1. The first-order chi connectivity index (χ1) is 15.4. The van der Waals surface area contributed by atoms with Gasteiger partial charge in [-0.1, -0.05) is 12.1 Å². The van der Waals surface area contributed by atoms with Gasteiger partial charge in [0.15, 0.2) is 5.76 Å². The summed E-state index contributed by atoms with van der Waals surface area (Å²) in [4.78, 5) is 17.5. The van der Waals surface area contributed by atoms with Crippen LogP contribution in [0, 0.1) is 6.92 Å². The van der Waals surface area contributed by atoms with Crippen LogP contribution in [0.15, 0.2) is 45.8 Å². The third-order valence-corrected chi connectivity index (χ3v) is 8.13. The number of carbonyl (C=O) groups excluding carboxylic acids is 1. The maximum atomic E-state index is 12.8. The largest absolute Gasteiger partial charge is 0.455 e. The molecule has 0 unspecified atom stereocenters. The highest BCUT2D eigenvalue weighted by Gasteiger charge is 2.31. The second kappa shape index (κ2) is 8.22. The predicted octanol–water partition coefficient (Wildman–Crippen LogP) is 3.82. The quantitative estimate of drug-likeness (QED) is 0.632. The van der Waals surface area contributed by atoms with E-state index < -0.39 is 15.9 Å². The van der Waals surface area contributed by atoms with Crippen LogP contribution in [-0.2, 0) is 23.0 Å². The van der Waals surface area contributed by atoms with Gasteiger partial charge in [0.05, 0.1) is 5.69 Å². The molecule has 9 heteroatoms. The van der Waals surface area contributed by atoms with Crippen molar-refractivity contribution in [3.8, 4) is 11.3 Å². The van der Waals surface area contributed by atoms with Gasteiger partial charge in [0.1, 0.15) is 16.5 Å². The highest BCUT2D eigenvalue weighted by molar-refractivity contribution is 7.89. The summed E-state index contributed by atoms with van der Waals surface area (Å²) in [5.74, 6) is 0.838. The van der Waals surface area contributed by atoms with Crippen LogP contribution in [0.1, 0.15) is 47.8 Å². The van der Waals surface area contributed by atoms with E-state index in [9.17, 15) is 13.2 Å². The van der Waals surface area contributed by atoms with Gasteiger partial charge >= 0.3 is 0 Å². The lowest BCUT2D eigenvalue weighted by molar-refractivity contribution is 0.0995. The van der Waals surface area contributed by atoms with Crippen LogP contribution in [0.4, 0.5) is 5.69 Å². The van der Waals surface area contributed by atoms with E-state index in [0.29, 0.717) is 18.8 Å². The molecule has 2 aliphatic heterocycles. The second-order valence-electron chi connectivity index (χ2n) is 8.37. The van der Waals surface area contributed by atoms with Crippen molar-refractivity contribution in [3.05, 3.63) is 53.9 Å². The van der Waals surface area contributed by atoms with Crippen LogP contribution in [-0.4, -0.2) is 41.3 Å². The first-order valence-electron chi connectivity index (χ1n) is 11.0. The van der Waals surface area contributed by atoms with E-state index >= 15 is 0 Å². The molecule has 1 saturated heterocycles. The lowest BCUT2D eigenvalue weighted by Gasteiger charge is -2.14. The molecule has 32 heavy (non-hydrogen) atoms. The lowest BCUT2D eigenvalue weighted by atomic mass is 10.1. The fraction of sp³-hybridized carbons (Fsp3) is 0.391. The minimum Gasteiger partial charge on any atom is -0.455 e. The smallest absolute Gasteiger partial charge is 0.291 e. The van der Waals surface area contributed by atoms with Crippen molar-refractivity contribution >= 4 is 21.6 Å². The summed E-state index contributed by atoms with van der Waals surface area (Å²) in [5, 5.41) is 2.78. The third kappa shape index (κ3) is 3.86. The van der Waals surface area contributed by atoms with Crippen LogP contribution < -0.4 is 5.32 Å². The van der Waals surface area contributed by atoms with E-state index in [1.807, 2.05) is 24.3 Å². The van der Waals surface area contributed by atoms with Crippen molar-refractivity contribution in [1.82, 2.24) is 13.9 Å². The monoisotopic (exact) mass is 454 g/mol. The molecule has 1 N–H and O–H groups in total. The molecule has 0 saturated carbocycles. The number of anilines is 1. The highest BCUT2D eigenvalue weighted by Crippen LogP contribution is 2.28. The van der Waals surface area contributed by atoms with E-state index in [1.165, 1.54) is 23.2 Å². The second-order valence-corrected chi connectivity index (χ2v) is 10.3. The molecule has 1 fully saturated rings. The fourth-order valence-corrected chi connectivity index (χ4v) is 6.05. The molecule has 5 rings (SSSR count). The summed E-state index contributed by atoms with van der Waals surface area (Å²) < 4.78 is 34.8. The van der Waals surface area contributed by atoms with E-state index in [-0.39, 0.29) is 16.4 Å². The molecule has 4 heterocycles. The number of furan rings is 1. The number of benzene rings is 1. The Morgan fingerprint density at radius 3 is 2.50 bits per heavy atom. The molecule has 8 nitrogen and oxygen atoms in total. The number of nitrogens with zero attached hydrogens (tertiary/aromatic N) is 3. The maximum Gasteiger partial charge on any atom is 0.291 e. The number of nitrogens with one attached hydrogen (secondary N) is 1. The zero-order chi connectivity index (χ0) is 22.3. The number of aromatic nitrogens is 2. The summed E-state index contributed by atoms with van der Waals surface area (Å²) in [7, 11) is -3.64. The Balaban J connectivity index is 1.31. The highest BCUT2D eigenvalue weighted by atomic mass is 32.2. The summed E-state index contributed by atoms with van der Waals surface area (Å²) in [6, 6.07) is 8.77. The van der Waals surface area contributed by atoms with Gasteiger partial charge in [0, 0.05) is 49.6 Å². The molecule has 3 aromatic rings. The third-order valence-electron chi connectivity index (χ3n) is 6.13. The van der Waals surface area contributed by atoms with Crippen molar-refractivity contribution in [2.75, 3.05) is 18.4 Å². The van der Waals surface area contributed by atoms with Gasteiger partial charge in [-0.05, 0) is 44.7 Å². The van der Waals surface area contributed by atoms with Crippen LogP contribution in [0.25, 0.3) is 11.3 Å². The van der Waals surface area contributed by atoms with Crippen molar-refractivity contribution in [1.29, 1.82) is 0 Å². The van der Waals surface area contributed by atoms with E-state index in [4.69, 9.17) is 9.40 Å². The molecule has 0 bridgehead atoms. The Morgan fingerprint density at radius 1 is 1.06 bits per heavy atom. The molecular weight excluding hydrogens is 428 g/mol. The number of hydrogen-bond donors (Lipinski definition) is 1. The first-order valence-corrected chi connectivity index (χ1v) is 12.4. The number of rotatable bonds is 5. The van der Waals surface area contributed by atoms with Crippen molar-refractivity contribution in [3.63, 3.8) is 0 Å². The predicted molar refractivity (Wildman–Crippen MR) is 120 cm³/mol. The summed E-state index contributed by atoms with van der Waals surface area (Å²) in [6.45, 7) is 3.58. The van der Waals surface area contributed by atoms with E-state index in [2.05, 4.69) is 16.1 Å². The van der Waals surface area contributed by atoms with Gasteiger partial charge < -0.3 is 14.3 Å². The number of amides is 1. The molecule has 0 radical (unpaired) electrons. The molecule has 1 amide bonds. The number of aryl methyl sites for hydroxylation is 3. The number of fused-ring (bicyclic) bond motifs is 1. The maximum absolute atomic E-state index is 12.8. The molecular formula is C23H26N4O4S. The Hall–Kier alpha value is -2.91. The molecule has 0 atom stereocenters. The van der Waals surface area contributed by atoms with Gasteiger partial charge in [-0.25, -0.2) is 13.4 Å². The summed E-state index contributed by atoms with van der Waals surface area (Å²) in [6.07, 6.45) is 7.14. The minimum atomic E-state index is -3.64. The summed E-state index contributed by atoms with van der Waals surface area (Å²) >= 11 is 0. The Bertz CT molecular complexity index is 1230. The zero-order valence-electron chi connectivity index (χ0n) is 18.0. The molecule has 1 aromatic carbocycles. The SMILES string of the molecule is Cc1oc(C(=O)Nc2ccc(-c3cn4c(n3)CCCC4)cc2)cc1S(=O)(=O)N1CCCC1. The first kappa shape index (κ1) is 21.0. The summed E-state index contributed by atoms with van der Waals surface area (Å²) in [5.41, 5.74) is 2.51. The molecule has 0 aliphatic carbocycles. The van der Waals surface area contributed by atoms with Crippen LogP contribution in [0.5, 0.6) is 0 Å². The minimum absolute atomic E-state index is 0.0221. The number of sulfonamides is 1. The Labute approximate surface area is 187 Å². The van der Waals surface area contributed by atoms with E-state index in [1.54, 1.807) is 6.92 Å². The average Bonchev–Trinajstić information content (AvgIpc) is 3.53. The normalized spacial score (nSPS) is 16.8. The van der Waals surface area contributed by atoms with Crippen LogP contribution in [0.3, 0.4) is 0 Å². The number of hydrogen-bond acceptors (Lipinski definition) is 5. The van der Waals surface area contributed by atoms with Gasteiger partial charge in [-0.3, -0.25) is 4.79 Å². The zero-order valence-corrected chi connectivity index (χ0v) is 18.8. The molecule has 2 aliphatic rings. The molecule has 168 valence electrons. The van der Waals surface area contributed by atoms with Crippen molar-refractivity contribution in [2.24, 2.45) is 0 Å². The van der Waals surface area contributed by atoms with Crippen LogP contribution in [0.2, 0.25) is 0 Å². The van der Waals surface area contributed by atoms with E-state index in [0.717, 1.165) is 42.9 Å². The topological polar surface area (TPSA) is 97.4 Å². The molecule has 2 aromatic heterocycles. The van der Waals surface area contributed by atoms with Crippen LogP contribution >= 0.6 is 0 Å². The average molecular weight is 455 g/mol. The van der Waals surface area contributed by atoms with Gasteiger partial charge in [-0.15, -0.1) is 0 Å². The fourth-order valence-electron chi connectivity index (χ4n) is 4.37. The van der Waals surface area contributed by atoms with Crippen molar-refractivity contribution < 1.29 is 17.6 Å². The van der Waals surface area contributed by atoms with Crippen molar-refractivity contribution in [2.45, 2.75) is 50.5 Å². The molecule has 0 spiro atoms. The Morgan fingerprint density at radius 2 is 1.78 bits per heavy atom.